The number of amides is 1. The molecule has 0 bridgehead atoms. The van der Waals surface area contributed by atoms with Gasteiger partial charge in [0.25, 0.3) is 0 Å². The molecule has 1 fully saturated rings. The smallest absolute Gasteiger partial charge is 0.227 e. The average Bonchev–Trinajstić information content (AvgIpc) is 3.27. The molecule has 3 heterocycles. The van der Waals surface area contributed by atoms with E-state index in [0.717, 1.165) is 28.8 Å². The molecule has 1 amide bonds. The number of anilines is 3. The molecule has 0 atom stereocenters. The molecular weight excluding hydrogens is 457 g/mol. The number of carbonyl (C=O) groups excluding carboxylic acids is 1. The summed E-state index contributed by atoms with van der Waals surface area (Å²) in [5.74, 6) is 0.480. The molecule has 1 aliphatic heterocycles. The van der Waals surface area contributed by atoms with E-state index < -0.39 is 0 Å². The van der Waals surface area contributed by atoms with Gasteiger partial charge in [0.05, 0.1) is 40.7 Å². The molecule has 0 aliphatic carbocycles. The summed E-state index contributed by atoms with van der Waals surface area (Å²) in [5, 5.41) is 4.24. The van der Waals surface area contributed by atoms with Crippen LogP contribution in [0.15, 0.2) is 73.2 Å². The van der Waals surface area contributed by atoms with Gasteiger partial charge in [-0.2, -0.15) is 0 Å². The van der Waals surface area contributed by atoms with E-state index in [0.29, 0.717) is 40.3 Å². The van der Waals surface area contributed by atoms with E-state index in [4.69, 9.17) is 23.2 Å². The van der Waals surface area contributed by atoms with Crippen LogP contribution in [0.2, 0.25) is 10.0 Å². The van der Waals surface area contributed by atoms with Gasteiger partial charge in [-0.15, -0.1) is 0 Å². The van der Waals surface area contributed by atoms with Crippen molar-refractivity contribution in [3.63, 3.8) is 0 Å². The maximum Gasteiger partial charge on any atom is 0.227 e. The van der Waals surface area contributed by atoms with Gasteiger partial charge in [0.1, 0.15) is 0 Å². The first-order valence-electron chi connectivity index (χ1n) is 10.5. The minimum atomic E-state index is 0.107. The van der Waals surface area contributed by atoms with Crippen molar-refractivity contribution in [3.8, 4) is 22.4 Å². The molecule has 1 aliphatic rings. The van der Waals surface area contributed by atoms with Gasteiger partial charge in [0, 0.05) is 29.1 Å². The molecule has 33 heavy (non-hydrogen) atoms. The minimum Gasteiger partial charge on any atom is -0.323 e. The summed E-state index contributed by atoms with van der Waals surface area (Å²) in [6.07, 6.45) is 6.32. The van der Waals surface area contributed by atoms with E-state index in [9.17, 15) is 4.79 Å². The lowest BCUT2D eigenvalue weighted by atomic mass is 10.0. The Morgan fingerprint density at radius 3 is 2.55 bits per heavy atom. The average molecular weight is 476 g/mol. The lowest BCUT2D eigenvalue weighted by Gasteiger charge is -2.16. The third-order valence-electron chi connectivity index (χ3n) is 5.43. The van der Waals surface area contributed by atoms with Crippen molar-refractivity contribution in [2.45, 2.75) is 12.8 Å². The van der Waals surface area contributed by atoms with Crippen molar-refractivity contribution >= 4 is 46.4 Å². The molecule has 5 rings (SSSR count). The van der Waals surface area contributed by atoms with E-state index in [2.05, 4.69) is 20.3 Å². The van der Waals surface area contributed by atoms with Gasteiger partial charge < -0.3 is 10.2 Å². The number of aromatic nitrogens is 3. The SMILES string of the molecule is O=C1CCCN1c1cncc(Nc2ncc(Cl)c(-c3ccc(Cl)c(-c4ccccc4)c3)n2)c1. The molecule has 1 saturated heterocycles. The number of benzene rings is 2. The van der Waals surface area contributed by atoms with Crippen molar-refractivity contribution in [1.29, 1.82) is 0 Å². The third kappa shape index (κ3) is 4.53. The highest BCUT2D eigenvalue weighted by Crippen LogP contribution is 2.34. The van der Waals surface area contributed by atoms with Gasteiger partial charge in [-0.1, -0.05) is 59.6 Å². The number of halogens is 2. The van der Waals surface area contributed by atoms with E-state index in [1.54, 1.807) is 23.5 Å². The zero-order valence-electron chi connectivity index (χ0n) is 17.5. The first-order chi connectivity index (χ1) is 16.1. The van der Waals surface area contributed by atoms with Crippen molar-refractivity contribution in [3.05, 3.63) is 83.2 Å². The first kappa shape index (κ1) is 21.4. The molecular formula is C25H19Cl2N5O. The van der Waals surface area contributed by atoms with Crippen LogP contribution in [0.1, 0.15) is 12.8 Å². The summed E-state index contributed by atoms with van der Waals surface area (Å²) in [7, 11) is 0. The molecule has 0 unspecified atom stereocenters. The molecule has 8 heteroatoms. The third-order valence-corrected chi connectivity index (χ3v) is 6.04. The highest BCUT2D eigenvalue weighted by atomic mass is 35.5. The number of rotatable bonds is 5. The van der Waals surface area contributed by atoms with E-state index in [1.165, 1.54) is 0 Å². The number of pyridine rings is 1. The summed E-state index contributed by atoms with van der Waals surface area (Å²) in [4.78, 5) is 27.0. The quantitative estimate of drug-likeness (QED) is 0.362. The first-order valence-corrected chi connectivity index (χ1v) is 11.2. The fourth-order valence-electron chi connectivity index (χ4n) is 3.84. The number of carbonyl (C=O) groups is 1. The van der Waals surface area contributed by atoms with Gasteiger partial charge >= 0.3 is 0 Å². The Morgan fingerprint density at radius 2 is 1.76 bits per heavy atom. The Bertz CT molecular complexity index is 1330. The fraction of sp³-hybridized carbons (Fsp3) is 0.120. The second-order valence-electron chi connectivity index (χ2n) is 7.66. The van der Waals surface area contributed by atoms with Crippen LogP contribution in [0, 0.1) is 0 Å². The predicted octanol–water partition coefficient (Wildman–Crippen LogP) is 6.38. The van der Waals surface area contributed by atoms with E-state index in [-0.39, 0.29) is 5.91 Å². The van der Waals surface area contributed by atoms with Crippen molar-refractivity contribution in [2.75, 3.05) is 16.8 Å². The summed E-state index contributed by atoms with van der Waals surface area (Å²) in [5.41, 5.74) is 4.74. The topological polar surface area (TPSA) is 71.0 Å². The molecule has 4 aromatic rings. The predicted molar refractivity (Wildman–Crippen MR) is 132 cm³/mol. The summed E-state index contributed by atoms with van der Waals surface area (Å²) >= 11 is 12.9. The Morgan fingerprint density at radius 1 is 0.909 bits per heavy atom. The largest absolute Gasteiger partial charge is 0.323 e. The highest BCUT2D eigenvalue weighted by Gasteiger charge is 2.22. The van der Waals surface area contributed by atoms with Crippen molar-refractivity contribution in [2.24, 2.45) is 0 Å². The van der Waals surface area contributed by atoms with Crippen LogP contribution in [-0.2, 0) is 4.79 Å². The van der Waals surface area contributed by atoms with Crippen LogP contribution >= 0.6 is 23.2 Å². The second kappa shape index (κ2) is 9.17. The Balaban J connectivity index is 1.46. The van der Waals surface area contributed by atoms with Gasteiger partial charge in [0.2, 0.25) is 11.9 Å². The molecule has 164 valence electrons. The Kier molecular flexibility index (Phi) is 5.94. The highest BCUT2D eigenvalue weighted by molar-refractivity contribution is 6.34. The van der Waals surface area contributed by atoms with Gasteiger partial charge in [-0.05, 0) is 30.2 Å². The minimum absolute atomic E-state index is 0.107. The van der Waals surface area contributed by atoms with Crippen LogP contribution in [0.25, 0.3) is 22.4 Å². The summed E-state index contributed by atoms with van der Waals surface area (Å²) < 4.78 is 0. The van der Waals surface area contributed by atoms with Crippen LogP contribution in [-0.4, -0.2) is 27.4 Å². The Labute approximate surface area is 201 Å². The molecule has 1 N–H and O–H groups in total. The van der Waals surface area contributed by atoms with E-state index >= 15 is 0 Å². The molecule has 6 nitrogen and oxygen atoms in total. The number of hydrogen-bond donors (Lipinski definition) is 1. The Hall–Kier alpha value is -3.48. The van der Waals surface area contributed by atoms with E-state index in [1.807, 2.05) is 54.6 Å². The monoisotopic (exact) mass is 475 g/mol. The van der Waals surface area contributed by atoms with Gasteiger partial charge in [-0.3, -0.25) is 9.78 Å². The lowest BCUT2D eigenvalue weighted by Crippen LogP contribution is -2.23. The van der Waals surface area contributed by atoms with Crippen LogP contribution in [0.4, 0.5) is 17.3 Å². The lowest BCUT2D eigenvalue weighted by molar-refractivity contribution is -0.117. The van der Waals surface area contributed by atoms with Gasteiger partial charge in [-0.25, -0.2) is 9.97 Å². The zero-order valence-corrected chi connectivity index (χ0v) is 19.0. The zero-order chi connectivity index (χ0) is 22.8. The van der Waals surface area contributed by atoms with Gasteiger partial charge in [0.15, 0.2) is 0 Å². The second-order valence-corrected chi connectivity index (χ2v) is 8.47. The molecule has 0 spiro atoms. The number of hydrogen-bond acceptors (Lipinski definition) is 5. The number of nitrogens with zero attached hydrogens (tertiary/aromatic N) is 4. The van der Waals surface area contributed by atoms with Crippen LogP contribution < -0.4 is 10.2 Å². The molecule has 2 aromatic heterocycles. The van der Waals surface area contributed by atoms with Crippen molar-refractivity contribution < 1.29 is 4.79 Å². The maximum atomic E-state index is 12.1. The fourth-order valence-corrected chi connectivity index (χ4v) is 4.26. The maximum absolute atomic E-state index is 12.1. The van der Waals surface area contributed by atoms with Crippen molar-refractivity contribution in [1.82, 2.24) is 15.0 Å². The summed E-state index contributed by atoms with van der Waals surface area (Å²) in [6, 6.07) is 17.5. The summed E-state index contributed by atoms with van der Waals surface area (Å²) in [6.45, 7) is 0.700. The molecule has 0 radical (unpaired) electrons. The normalized spacial score (nSPS) is 13.4. The molecule has 0 saturated carbocycles. The number of nitrogens with one attached hydrogen (secondary N) is 1. The molecule has 2 aromatic carbocycles. The van der Waals surface area contributed by atoms with Crippen LogP contribution in [0.5, 0.6) is 0 Å². The van der Waals surface area contributed by atoms with Crippen LogP contribution in [0.3, 0.4) is 0 Å². The standard InChI is InChI=1S/C25H19Cl2N5O/c26-21-9-8-17(11-20(21)16-5-2-1-3-6-16)24-22(27)15-29-25(31-24)30-18-12-19(14-28-13-18)32-10-4-7-23(32)33/h1-3,5-6,8-9,11-15H,4,7,10H2,(H,29,30,31).